The molecule has 206 valence electrons. The van der Waals surface area contributed by atoms with Gasteiger partial charge >= 0.3 is 0 Å². The van der Waals surface area contributed by atoms with E-state index in [9.17, 15) is 19.2 Å². The molecule has 0 radical (unpaired) electrons. The van der Waals surface area contributed by atoms with Crippen molar-refractivity contribution in [1.82, 2.24) is 20.9 Å². The Morgan fingerprint density at radius 2 is 1.42 bits per heavy atom. The van der Waals surface area contributed by atoms with Crippen molar-refractivity contribution < 1.29 is 33.4 Å². The van der Waals surface area contributed by atoms with E-state index in [4.69, 9.17) is 14.2 Å². The Bertz CT molecular complexity index is 655. The molecule has 3 N–H and O–H groups in total. The average molecular weight is 513 g/mol. The number of carbonyl (C=O) groups is 4. The normalized spacial score (nSPS) is 17.7. The van der Waals surface area contributed by atoms with Crippen molar-refractivity contribution >= 4 is 23.6 Å². The molecule has 2 rings (SSSR count). The monoisotopic (exact) mass is 512 g/mol. The number of hydrogen-bond donors (Lipinski definition) is 3. The standard InChI is InChI=1S/C25H44N4O7/c30-22(8-2-1-3-14-29-23(31)9-10-24(29)32)27-12-5-15-34-17-19-36-20-18-35-16-6-13-28-25(33)21-7-4-11-26-21/h21,26H,1-20H2,(H,27,30)(H,28,33)/t21-/m0/s1. The van der Waals surface area contributed by atoms with Gasteiger partial charge in [0.05, 0.1) is 32.5 Å². The van der Waals surface area contributed by atoms with E-state index in [-0.39, 0.29) is 29.7 Å². The molecule has 0 aromatic carbocycles. The Morgan fingerprint density at radius 1 is 0.806 bits per heavy atom. The Kier molecular flexibility index (Phi) is 16.0. The minimum atomic E-state index is -0.0808. The Hall–Kier alpha value is -2.08. The average Bonchev–Trinajstić information content (AvgIpc) is 3.52. The van der Waals surface area contributed by atoms with Gasteiger partial charge in [0.1, 0.15) is 0 Å². The minimum Gasteiger partial charge on any atom is -0.379 e. The van der Waals surface area contributed by atoms with Gasteiger partial charge in [-0.3, -0.25) is 24.1 Å². The zero-order chi connectivity index (χ0) is 25.8. The molecule has 2 heterocycles. The first-order chi connectivity index (χ1) is 17.6. The molecule has 11 nitrogen and oxygen atoms in total. The highest BCUT2D eigenvalue weighted by Gasteiger charge is 2.27. The summed E-state index contributed by atoms with van der Waals surface area (Å²) >= 11 is 0. The summed E-state index contributed by atoms with van der Waals surface area (Å²) in [5, 5.41) is 8.98. The maximum Gasteiger partial charge on any atom is 0.237 e. The summed E-state index contributed by atoms with van der Waals surface area (Å²) in [4.78, 5) is 48.0. The van der Waals surface area contributed by atoms with E-state index in [1.807, 2.05) is 0 Å². The summed E-state index contributed by atoms with van der Waals surface area (Å²) < 4.78 is 16.5. The first kappa shape index (κ1) is 30.1. The van der Waals surface area contributed by atoms with Crippen LogP contribution in [0, 0.1) is 0 Å². The molecule has 2 aliphatic rings. The van der Waals surface area contributed by atoms with Crippen molar-refractivity contribution in [3.63, 3.8) is 0 Å². The molecule has 0 spiro atoms. The van der Waals surface area contributed by atoms with Gasteiger partial charge in [-0.05, 0) is 45.1 Å². The minimum absolute atomic E-state index is 0.0138. The van der Waals surface area contributed by atoms with E-state index in [0.717, 1.165) is 51.5 Å². The number of ether oxygens (including phenoxy) is 3. The van der Waals surface area contributed by atoms with Crippen LogP contribution in [0.3, 0.4) is 0 Å². The molecule has 0 unspecified atom stereocenters. The number of imide groups is 1. The van der Waals surface area contributed by atoms with Gasteiger partial charge in [-0.25, -0.2) is 0 Å². The predicted octanol–water partition coefficient (Wildman–Crippen LogP) is 0.510. The molecule has 0 bridgehead atoms. The van der Waals surface area contributed by atoms with Crippen LogP contribution in [0.15, 0.2) is 0 Å². The molecular weight excluding hydrogens is 468 g/mol. The molecule has 0 aliphatic carbocycles. The molecule has 0 aromatic heterocycles. The van der Waals surface area contributed by atoms with Crippen LogP contribution in [0.2, 0.25) is 0 Å². The molecule has 11 heteroatoms. The smallest absolute Gasteiger partial charge is 0.237 e. The molecule has 0 aromatic rings. The fraction of sp³-hybridized carbons (Fsp3) is 0.840. The lowest BCUT2D eigenvalue weighted by Gasteiger charge is -2.13. The van der Waals surface area contributed by atoms with Crippen molar-refractivity contribution in [2.24, 2.45) is 0 Å². The second-order valence-corrected chi connectivity index (χ2v) is 9.08. The van der Waals surface area contributed by atoms with E-state index >= 15 is 0 Å². The SMILES string of the molecule is O=C(CCCCCN1C(=O)CCC1=O)NCCCOCCOCCOCCCNC(=O)[C@@H]1CCCN1. The van der Waals surface area contributed by atoms with Crippen molar-refractivity contribution in [2.45, 2.75) is 70.3 Å². The van der Waals surface area contributed by atoms with E-state index in [1.54, 1.807) is 0 Å². The van der Waals surface area contributed by atoms with E-state index in [0.29, 0.717) is 78.5 Å². The number of amides is 4. The van der Waals surface area contributed by atoms with Crippen molar-refractivity contribution in [3.05, 3.63) is 0 Å². The third-order valence-electron chi connectivity index (χ3n) is 6.11. The zero-order valence-electron chi connectivity index (χ0n) is 21.5. The van der Waals surface area contributed by atoms with Gasteiger partial charge in [-0.1, -0.05) is 6.42 Å². The molecule has 36 heavy (non-hydrogen) atoms. The van der Waals surface area contributed by atoms with E-state index in [2.05, 4.69) is 16.0 Å². The van der Waals surface area contributed by atoms with Gasteiger partial charge in [-0.2, -0.15) is 0 Å². The number of carbonyl (C=O) groups excluding carboxylic acids is 4. The predicted molar refractivity (Wildman–Crippen MR) is 133 cm³/mol. The lowest BCUT2D eigenvalue weighted by Crippen LogP contribution is -2.40. The topological polar surface area (TPSA) is 135 Å². The summed E-state index contributed by atoms with van der Waals surface area (Å²) in [6.45, 7) is 5.73. The van der Waals surface area contributed by atoms with Crippen LogP contribution in [0.5, 0.6) is 0 Å². The maximum atomic E-state index is 11.8. The van der Waals surface area contributed by atoms with Crippen LogP contribution < -0.4 is 16.0 Å². The van der Waals surface area contributed by atoms with Crippen LogP contribution in [0.1, 0.15) is 64.2 Å². The molecule has 1 atom stereocenters. The summed E-state index contributed by atoms with van der Waals surface area (Å²) in [5.74, 6) is -0.0666. The van der Waals surface area contributed by atoms with Crippen molar-refractivity contribution in [1.29, 1.82) is 0 Å². The lowest BCUT2D eigenvalue weighted by molar-refractivity contribution is -0.138. The number of nitrogens with zero attached hydrogens (tertiary/aromatic N) is 1. The van der Waals surface area contributed by atoms with Crippen molar-refractivity contribution in [3.8, 4) is 0 Å². The van der Waals surface area contributed by atoms with Gasteiger partial charge < -0.3 is 30.2 Å². The number of nitrogens with one attached hydrogen (secondary N) is 3. The largest absolute Gasteiger partial charge is 0.379 e. The fourth-order valence-corrected chi connectivity index (χ4v) is 4.05. The summed E-state index contributed by atoms with van der Waals surface area (Å²) in [7, 11) is 0. The summed E-state index contributed by atoms with van der Waals surface area (Å²) in [6.07, 6.45) is 6.90. The Balaban J connectivity index is 1.24. The number of hydrogen-bond acceptors (Lipinski definition) is 8. The van der Waals surface area contributed by atoms with E-state index < -0.39 is 0 Å². The van der Waals surface area contributed by atoms with Gasteiger partial charge in [-0.15, -0.1) is 0 Å². The second-order valence-electron chi connectivity index (χ2n) is 9.08. The molecular formula is C25H44N4O7. The quantitative estimate of drug-likeness (QED) is 0.150. The highest BCUT2D eigenvalue weighted by Crippen LogP contribution is 2.13. The number of rotatable bonds is 21. The first-order valence-corrected chi connectivity index (χ1v) is 13.4. The van der Waals surface area contributed by atoms with Crippen LogP contribution in [-0.2, 0) is 33.4 Å². The van der Waals surface area contributed by atoms with Crippen molar-refractivity contribution in [2.75, 3.05) is 65.8 Å². The molecule has 4 amide bonds. The van der Waals surface area contributed by atoms with Crippen LogP contribution in [0.4, 0.5) is 0 Å². The third-order valence-corrected chi connectivity index (χ3v) is 6.11. The third kappa shape index (κ3) is 13.3. The zero-order valence-corrected chi connectivity index (χ0v) is 21.5. The maximum absolute atomic E-state index is 11.8. The van der Waals surface area contributed by atoms with Crippen LogP contribution >= 0.6 is 0 Å². The lowest BCUT2D eigenvalue weighted by atomic mass is 10.2. The highest BCUT2D eigenvalue weighted by atomic mass is 16.5. The van der Waals surface area contributed by atoms with Gasteiger partial charge in [0.25, 0.3) is 0 Å². The van der Waals surface area contributed by atoms with Gasteiger partial charge in [0.2, 0.25) is 23.6 Å². The Morgan fingerprint density at radius 3 is 2.03 bits per heavy atom. The highest BCUT2D eigenvalue weighted by molar-refractivity contribution is 6.01. The Labute approximate surface area is 214 Å². The molecule has 2 aliphatic heterocycles. The van der Waals surface area contributed by atoms with Crippen LogP contribution in [-0.4, -0.2) is 100 Å². The fourth-order valence-electron chi connectivity index (χ4n) is 4.05. The molecule has 2 saturated heterocycles. The second kappa shape index (κ2) is 19.1. The van der Waals surface area contributed by atoms with E-state index in [1.165, 1.54) is 4.90 Å². The number of likely N-dealkylation sites (tertiary alicyclic amines) is 1. The summed E-state index contributed by atoms with van der Waals surface area (Å²) in [6, 6.07) is -0.0316. The summed E-state index contributed by atoms with van der Waals surface area (Å²) in [5.41, 5.74) is 0. The molecule has 0 saturated carbocycles. The number of unbranched alkanes of at least 4 members (excludes halogenated alkanes) is 2. The first-order valence-electron chi connectivity index (χ1n) is 13.4. The van der Waals surface area contributed by atoms with Gasteiger partial charge in [0, 0.05) is 52.1 Å². The molecule has 2 fully saturated rings. The van der Waals surface area contributed by atoms with Gasteiger partial charge in [0.15, 0.2) is 0 Å². The van der Waals surface area contributed by atoms with Crippen LogP contribution in [0.25, 0.3) is 0 Å².